The second-order valence-corrected chi connectivity index (χ2v) is 5.81. The van der Waals surface area contributed by atoms with Gasteiger partial charge < -0.3 is 9.84 Å². The van der Waals surface area contributed by atoms with Gasteiger partial charge in [0.05, 0.1) is 0 Å². The molecule has 1 aromatic heterocycles. The third-order valence-corrected chi connectivity index (χ3v) is 3.68. The van der Waals surface area contributed by atoms with E-state index in [9.17, 15) is 4.79 Å². The Balaban J connectivity index is 1.91. The molecule has 0 bridgehead atoms. The lowest BCUT2D eigenvalue weighted by Gasteiger charge is -2.10. The summed E-state index contributed by atoms with van der Waals surface area (Å²) >= 11 is 3.38. The Kier molecular flexibility index (Phi) is 5.50. The minimum Gasteiger partial charge on any atom is -0.354 e. The molecule has 0 unspecified atom stereocenters. The highest BCUT2D eigenvalue weighted by atomic mass is 79.9. The average molecular weight is 352 g/mol. The van der Waals surface area contributed by atoms with Crippen molar-refractivity contribution < 1.29 is 9.32 Å². The van der Waals surface area contributed by atoms with E-state index >= 15 is 0 Å². The van der Waals surface area contributed by atoms with Gasteiger partial charge in [0.15, 0.2) is 0 Å². The van der Waals surface area contributed by atoms with E-state index in [1.54, 1.807) is 0 Å². The highest BCUT2D eigenvalue weighted by Crippen LogP contribution is 2.19. The summed E-state index contributed by atoms with van der Waals surface area (Å²) in [6, 6.07) is 7.86. The lowest BCUT2D eigenvalue weighted by molar-refractivity contribution is -0.121. The number of nitrogens with one attached hydrogen (secondary N) is 1. The number of aryl methyl sites for hydroxylation is 1. The van der Waals surface area contributed by atoms with Gasteiger partial charge in [-0.15, -0.1) is 0 Å². The molecule has 1 heterocycles. The van der Waals surface area contributed by atoms with Crippen LogP contribution in [0.25, 0.3) is 11.4 Å². The van der Waals surface area contributed by atoms with Crippen LogP contribution in [-0.4, -0.2) is 22.1 Å². The van der Waals surface area contributed by atoms with Gasteiger partial charge in [-0.1, -0.05) is 28.0 Å². The topological polar surface area (TPSA) is 68.0 Å². The van der Waals surface area contributed by atoms with Gasteiger partial charge in [0.25, 0.3) is 0 Å². The molecule has 0 aliphatic rings. The first-order valence-corrected chi connectivity index (χ1v) is 7.75. The lowest BCUT2D eigenvalue weighted by atomic mass is 10.2. The van der Waals surface area contributed by atoms with Gasteiger partial charge in [0, 0.05) is 28.9 Å². The molecule has 0 fully saturated rings. The highest BCUT2D eigenvalue weighted by molar-refractivity contribution is 9.10. The molecule has 1 atom stereocenters. The SMILES string of the molecule is CC[C@@H](C)NC(=O)CCc1nc(-c2ccc(Br)cc2)no1. The summed E-state index contributed by atoms with van der Waals surface area (Å²) in [4.78, 5) is 16.0. The van der Waals surface area contributed by atoms with Crippen molar-refractivity contribution in [1.29, 1.82) is 0 Å². The number of nitrogens with zero attached hydrogens (tertiary/aromatic N) is 2. The number of carbonyl (C=O) groups excluding carboxylic acids is 1. The van der Waals surface area contributed by atoms with Crippen molar-refractivity contribution in [2.24, 2.45) is 0 Å². The van der Waals surface area contributed by atoms with Crippen LogP contribution in [0.4, 0.5) is 0 Å². The highest BCUT2D eigenvalue weighted by Gasteiger charge is 2.11. The maximum absolute atomic E-state index is 11.7. The second-order valence-electron chi connectivity index (χ2n) is 4.90. The van der Waals surface area contributed by atoms with E-state index in [2.05, 4.69) is 31.4 Å². The quantitative estimate of drug-likeness (QED) is 0.866. The second kappa shape index (κ2) is 7.36. The van der Waals surface area contributed by atoms with Crippen LogP contribution in [0.3, 0.4) is 0 Å². The van der Waals surface area contributed by atoms with E-state index < -0.39 is 0 Å². The monoisotopic (exact) mass is 351 g/mol. The number of hydrogen-bond acceptors (Lipinski definition) is 4. The Morgan fingerprint density at radius 3 is 2.76 bits per heavy atom. The van der Waals surface area contributed by atoms with Crippen molar-refractivity contribution in [3.05, 3.63) is 34.6 Å². The van der Waals surface area contributed by atoms with E-state index in [0.29, 0.717) is 24.6 Å². The fraction of sp³-hybridized carbons (Fsp3) is 0.400. The Bertz CT molecular complexity index is 595. The normalized spacial score (nSPS) is 12.1. The molecule has 0 spiro atoms. The molecule has 21 heavy (non-hydrogen) atoms. The molecule has 0 radical (unpaired) electrons. The third kappa shape index (κ3) is 4.67. The van der Waals surface area contributed by atoms with Crippen LogP contribution in [0.1, 0.15) is 32.6 Å². The van der Waals surface area contributed by atoms with E-state index in [0.717, 1.165) is 16.5 Å². The molecule has 2 rings (SSSR count). The van der Waals surface area contributed by atoms with Gasteiger partial charge in [-0.25, -0.2) is 0 Å². The Hall–Kier alpha value is -1.69. The first-order valence-electron chi connectivity index (χ1n) is 6.96. The minimum absolute atomic E-state index is 0.00717. The largest absolute Gasteiger partial charge is 0.354 e. The van der Waals surface area contributed by atoms with E-state index in [1.165, 1.54) is 0 Å². The number of benzene rings is 1. The molecule has 6 heteroatoms. The maximum atomic E-state index is 11.7. The number of hydrogen-bond donors (Lipinski definition) is 1. The third-order valence-electron chi connectivity index (χ3n) is 3.16. The molecule has 0 saturated heterocycles. The van der Waals surface area contributed by atoms with Gasteiger partial charge in [-0.05, 0) is 37.6 Å². The van der Waals surface area contributed by atoms with Crippen molar-refractivity contribution in [1.82, 2.24) is 15.5 Å². The smallest absolute Gasteiger partial charge is 0.227 e. The number of aromatic nitrogens is 2. The van der Waals surface area contributed by atoms with Gasteiger partial charge in [-0.3, -0.25) is 4.79 Å². The summed E-state index contributed by atoms with van der Waals surface area (Å²) in [5, 5.41) is 6.85. The summed E-state index contributed by atoms with van der Waals surface area (Å²) in [7, 11) is 0. The zero-order valence-electron chi connectivity index (χ0n) is 12.1. The Labute approximate surface area is 132 Å². The van der Waals surface area contributed by atoms with Crippen LogP contribution >= 0.6 is 15.9 Å². The zero-order chi connectivity index (χ0) is 15.2. The fourth-order valence-electron chi connectivity index (χ4n) is 1.74. The summed E-state index contributed by atoms with van der Waals surface area (Å²) in [5.74, 6) is 1.03. The summed E-state index contributed by atoms with van der Waals surface area (Å²) in [5.41, 5.74) is 0.886. The summed E-state index contributed by atoms with van der Waals surface area (Å²) in [6.45, 7) is 4.02. The number of amides is 1. The zero-order valence-corrected chi connectivity index (χ0v) is 13.7. The molecule has 112 valence electrons. The van der Waals surface area contributed by atoms with E-state index in [4.69, 9.17) is 4.52 Å². The average Bonchev–Trinajstić information content (AvgIpc) is 2.94. The van der Waals surface area contributed by atoms with Crippen LogP contribution in [0.5, 0.6) is 0 Å². The maximum Gasteiger partial charge on any atom is 0.227 e. The molecule has 5 nitrogen and oxygen atoms in total. The van der Waals surface area contributed by atoms with Crippen LogP contribution in [0.2, 0.25) is 0 Å². The first-order chi connectivity index (χ1) is 10.1. The predicted molar refractivity (Wildman–Crippen MR) is 83.7 cm³/mol. The van der Waals surface area contributed by atoms with Crippen LogP contribution < -0.4 is 5.32 Å². The lowest BCUT2D eigenvalue weighted by Crippen LogP contribution is -2.32. The molecule has 0 saturated carbocycles. The van der Waals surface area contributed by atoms with Crippen molar-refractivity contribution in [2.75, 3.05) is 0 Å². The molecule has 0 aliphatic carbocycles. The van der Waals surface area contributed by atoms with Crippen molar-refractivity contribution in [2.45, 2.75) is 39.2 Å². The summed E-state index contributed by atoms with van der Waals surface area (Å²) in [6.07, 6.45) is 1.72. The van der Waals surface area contributed by atoms with Crippen LogP contribution in [0.15, 0.2) is 33.3 Å². The van der Waals surface area contributed by atoms with Gasteiger partial charge in [0.1, 0.15) is 0 Å². The number of rotatable bonds is 6. The van der Waals surface area contributed by atoms with Crippen molar-refractivity contribution in [3.63, 3.8) is 0 Å². The predicted octanol–water partition coefficient (Wildman–Crippen LogP) is 3.35. The first kappa shape index (κ1) is 15.7. The number of carbonyl (C=O) groups is 1. The van der Waals surface area contributed by atoms with Crippen molar-refractivity contribution >= 4 is 21.8 Å². The van der Waals surface area contributed by atoms with Crippen LogP contribution in [0, 0.1) is 0 Å². The fourth-order valence-corrected chi connectivity index (χ4v) is 2.01. The van der Waals surface area contributed by atoms with E-state index in [1.807, 2.05) is 38.1 Å². The number of halogens is 1. The Morgan fingerprint density at radius 1 is 1.38 bits per heavy atom. The van der Waals surface area contributed by atoms with Gasteiger partial charge >= 0.3 is 0 Å². The molecular formula is C15H18BrN3O2. The molecule has 2 aromatic rings. The van der Waals surface area contributed by atoms with Gasteiger partial charge in [-0.2, -0.15) is 4.98 Å². The Morgan fingerprint density at radius 2 is 2.10 bits per heavy atom. The molecule has 1 N–H and O–H groups in total. The standard InChI is InChI=1S/C15H18BrN3O2/c1-3-10(2)17-13(20)8-9-14-18-15(19-21-14)11-4-6-12(16)7-5-11/h4-7,10H,3,8-9H2,1-2H3,(H,17,20)/t10-/m1/s1. The van der Waals surface area contributed by atoms with E-state index in [-0.39, 0.29) is 11.9 Å². The minimum atomic E-state index is 0.00717. The molecule has 0 aliphatic heterocycles. The van der Waals surface area contributed by atoms with Crippen LogP contribution in [-0.2, 0) is 11.2 Å². The summed E-state index contributed by atoms with van der Waals surface area (Å²) < 4.78 is 6.18. The van der Waals surface area contributed by atoms with Crippen molar-refractivity contribution in [3.8, 4) is 11.4 Å². The molecule has 1 amide bonds. The molecular weight excluding hydrogens is 334 g/mol. The molecule has 1 aromatic carbocycles. The van der Waals surface area contributed by atoms with Gasteiger partial charge in [0.2, 0.25) is 17.6 Å².